The molecule has 0 fully saturated rings. The fourth-order valence-corrected chi connectivity index (χ4v) is 1.82. The van der Waals surface area contributed by atoms with Crippen LogP contribution in [0.25, 0.3) is 5.70 Å². The van der Waals surface area contributed by atoms with Gasteiger partial charge in [-0.05, 0) is 24.3 Å². The van der Waals surface area contributed by atoms with Crippen molar-refractivity contribution < 1.29 is 0 Å². The largest absolute Gasteiger partial charge is 0.383 e. The average molecular weight is 224 g/mol. The van der Waals surface area contributed by atoms with Gasteiger partial charge in [0.1, 0.15) is 0 Å². The van der Waals surface area contributed by atoms with Gasteiger partial charge in [0.15, 0.2) is 0 Å². The molecule has 4 heteroatoms. The van der Waals surface area contributed by atoms with Crippen LogP contribution >= 0.6 is 11.6 Å². The number of fused-ring (bicyclic) bond motifs is 1. The Balaban J connectivity index is 2.26. The first-order valence-corrected chi connectivity index (χ1v) is 5.37. The minimum absolute atomic E-state index is 0.633. The summed E-state index contributed by atoms with van der Waals surface area (Å²) < 4.78 is 0. The molecule has 0 bridgehead atoms. The van der Waals surface area contributed by atoms with Gasteiger partial charge in [-0.15, -0.1) is 0 Å². The van der Waals surface area contributed by atoms with Crippen molar-refractivity contribution in [2.75, 3.05) is 25.0 Å². The minimum atomic E-state index is 0.633. The molecule has 4 N–H and O–H groups in total. The Hall–Kier alpha value is -1.19. The van der Waals surface area contributed by atoms with Crippen molar-refractivity contribution in [2.24, 2.45) is 5.73 Å². The van der Waals surface area contributed by atoms with Crippen LogP contribution in [0.5, 0.6) is 0 Å². The van der Waals surface area contributed by atoms with E-state index in [4.69, 9.17) is 17.3 Å². The van der Waals surface area contributed by atoms with Crippen molar-refractivity contribution in [3.8, 4) is 0 Å². The molecule has 1 aromatic carbocycles. The Morgan fingerprint density at radius 2 is 2.33 bits per heavy atom. The van der Waals surface area contributed by atoms with Crippen LogP contribution in [0.3, 0.4) is 0 Å². The average Bonchev–Trinajstić information content (AvgIpc) is 2.25. The molecular weight excluding hydrogens is 210 g/mol. The zero-order valence-corrected chi connectivity index (χ0v) is 9.14. The van der Waals surface area contributed by atoms with Crippen LogP contribution in [0.1, 0.15) is 5.56 Å². The lowest BCUT2D eigenvalue weighted by Crippen LogP contribution is -2.24. The molecule has 0 unspecified atom stereocenters. The third kappa shape index (κ3) is 2.25. The number of hydrogen-bond acceptors (Lipinski definition) is 3. The third-order valence-electron chi connectivity index (χ3n) is 2.33. The maximum absolute atomic E-state index is 5.93. The van der Waals surface area contributed by atoms with Crippen LogP contribution in [0.15, 0.2) is 24.3 Å². The topological polar surface area (TPSA) is 50.1 Å². The van der Waals surface area contributed by atoms with E-state index in [9.17, 15) is 0 Å². The molecule has 0 atom stereocenters. The number of anilines is 1. The summed E-state index contributed by atoms with van der Waals surface area (Å²) in [5.41, 5.74) is 8.82. The predicted molar refractivity (Wildman–Crippen MR) is 65.0 cm³/mol. The molecule has 0 saturated heterocycles. The highest BCUT2D eigenvalue weighted by Crippen LogP contribution is 2.28. The van der Waals surface area contributed by atoms with Gasteiger partial charge in [-0.1, -0.05) is 11.6 Å². The van der Waals surface area contributed by atoms with E-state index in [-0.39, 0.29) is 0 Å². The third-order valence-corrected chi connectivity index (χ3v) is 2.57. The van der Waals surface area contributed by atoms with Crippen molar-refractivity contribution >= 4 is 23.0 Å². The summed E-state index contributed by atoms with van der Waals surface area (Å²) in [6, 6.07) is 5.85. The maximum atomic E-state index is 5.93. The van der Waals surface area contributed by atoms with E-state index in [0.717, 1.165) is 35.1 Å². The standard InChI is InChI=1S/C11H14ClN3/c12-8-1-2-9-10(15-6-4-13)3-5-14-11(9)7-8/h1-3,7,14-15H,4-6,13H2. The lowest BCUT2D eigenvalue weighted by atomic mass is 10.1. The quantitative estimate of drug-likeness (QED) is 0.731. The smallest absolute Gasteiger partial charge is 0.0452 e. The second-order valence-electron chi connectivity index (χ2n) is 3.40. The lowest BCUT2D eigenvalue weighted by Gasteiger charge is -2.20. The van der Waals surface area contributed by atoms with Crippen LogP contribution in [0.2, 0.25) is 5.02 Å². The van der Waals surface area contributed by atoms with Crippen molar-refractivity contribution in [3.63, 3.8) is 0 Å². The monoisotopic (exact) mass is 223 g/mol. The van der Waals surface area contributed by atoms with Crippen LogP contribution in [0.4, 0.5) is 5.69 Å². The summed E-state index contributed by atoms with van der Waals surface area (Å²) in [4.78, 5) is 0. The Bertz CT molecular complexity index is 387. The molecule has 2 rings (SSSR count). The van der Waals surface area contributed by atoms with Crippen LogP contribution in [0, 0.1) is 0 Å². The van der Waals surface area contributed by atoms with E-state index < -0.39 is 0 Å². The summed E-state index contributed by atoms with van der Waals surface area (Å²) >= 11 is 5.93. The van der Waals surface area contributed by atoms with Gasteiger partial charge in [0.25, 0.3) is 0 Å². The Labute approximate surface area is 94.3 Å². The lowest BCUT2D eigenvalue weighted by molar-refractivity contribution is 0.854. The molecule has 15 heavy (non-hydrogen) atoms. The first-order chi connectivity index (χ1) is 7.31. The normalized spacial score (nSPS) is 13.9. The van der Waals surface area contributed by atoms with Crippen LogP contribution < -0.4 is 16.4 Å². The van der Waals surface area contributed by atoms with Gasteiger partial charge in [-0.25, -0.2) is 0 Å². The second-order valence-corrected chi connectivity index (χ2v) is 3.84. The summed E-state index contributed by atoms with van der Waals surface area (Å²) in [5, 5.41) is 7.33. The fraction of sp³-hybridized carbons (Fsp3) is 0.273. The highest BCUT2D eigenvalue weighted by atomic mass is 35.5. The van der Waals surface area contributed by atoms with E-state index in [1.54, 1.807) is 0 Å². The zero-order valence-electron chi connectivity index (χ0n) is 8.39. The van der Waals surface area contributed by atoms with E-state index in [0.29, 0.717) is 6.54 Å². The Morgan fingerprint density at radius 3 is 3.13 bits per heavy atom. The number of rotatable bonds is 3. The molecule has 80 valence electrons. The highest BCUT2D eigenvalue weighted by molar-refractivity contribution is 6.31. The van der Waals surface area contributed by atoms with E-state index in [1.807, 2.05) is 18.2 Å². The predicted octanol–water partition coefficient (Wildman–Crippen LogP) is 1.65. The molecule has 3 nitrogen and oxygen atoms in total. The molecule has 0 amide bonds. The van der Waals surface area contributed by atoms with Crippen molar-refractivity contribution in [1.82, 2.24) is 5.32 Å². The SMILES string of the molecule is NCCNC1=CCNc2cc(Cl)ccc21. The minimum Gasteiger partial charge on any atom is -0.383 e. The molecule has 0 radical (unpaired) electrons. The number of halogens is 1. The molecule has 1 aromatic rings. The Kier molecular flexibility index (Phi) is 3.14. The van der Waals surface area contributed by atoms with Crippen molar-refractivity contribution in [2.45, 2.75) is 0 Å². The fourth-order valence-electron chi connectivity index (χ4n) is 1.64. The van der Waals surface area contributed by atoms with Crippen LogP contribution in [-0.4, -0.2) is 19.6 Å². The summed E-state index contributed by atoms with van der Waals surface area (Å²) in [7, 11) is 0. The summed E-state index contributed by atoms with van der Waals surface area (Å²) in [6.07, 6.45) is 2.12. The number of nitrogens with two attached hydrogens (primary N) is 1. The second kappa shape index (κ2) is 4.55. The molecule has 1 aliphatic rings. The number of hydrogen-bond donors (Lipinski definition) is 3. The maximum Gasteiger partial charge on any atom is 0.0452 e. The van der Waals surface area contributed by atoms with Crippen molar-refractivity contribution in [3.05, 3.63) is 34.9 Å². The first kappa shape index (κ1) is 10.3. The molecular formula is C11H14ClN3. The van der Waals surface area contributed by atoms with Crippen molar-refractivity contribution in [1.29, 1.82) is 0 Å². The highest BCUT2D eigenvalue weighted by Gasteiger charge is 2.11. The Morgan fingerprint density at radius 1 is 1.47 bits per heavy atom. The van der Waals surface area contributed by atoms with Gasteiger partial charge < -0.3 is 16.4 Å². The molecule has 0 aliphatic carbocycles. The molecule has 0 spiro atoms. The summed E-state index contributed by atoms with van der Waals surface area (Å²) in [5.74, 6) is 0. The van der Waals surface area contributed by atoms with E-state index in [2.05, 4.69) is 16.7 Å². The first-order valence-electron chi connectivity index (χ1n) is 4.99. The number of nitrogens with one attached hydrogen (secondary N) is 2. The summed E-state index contributed by atoms with van der Waals surface area (Å²) in [6.45, 7) is 2.24. The molecule has 0 saturated carbocycles. The molecule has 1 aliphatic heterocycles. The van der Waals surface area contributed by atoms with Gasteiger partial charge in [-0.3, -0.25) is 0 Å². The number of benzene rings is 1. The van der Waals surface area contributed by atoms with Gasteiger partial charge in [0, 0.05) is 41.6 Å². The van der Waals surface area contributed by atoms with Gasteiger partial charge in [0.2, 0.25) is 0 Å². The van der Waals surface area contributed by atoms with Gasteiger partial charge in [-0.2, -0.15) is 0 Å². The van der Waals surface area contributed by atoms with Gasteiger partial charge in [0.05, 0.1) is 0 Å². The van der Waals surface area contributed by atoms with Crippen LogP contribution in [-0.2, 0) is 0 Å². The van der Waals surface area contributed by atoms with Gasteiger partial charge >= 0.3 is 0 Å². The van der Waals surface area contributed by atoms with E-state index in [1.165, 1.54) is 0 Å². The zero-order chi connectivity index (χ0) is 10.7. The van der Waals surface area contributed by atoms with E-state index >= 15 is 0 Å². The molecule has 1 heterocycles. The molecule has 0 aromatic heterocycles.